The second-order valence-corrected chi connectivity index (χ2v) is 18.6. The number of benzene rings is 5. The fourth-order valence-electron chi connectivity index (χ4n) is 13.1. The van der Waals surface area contributed by atoms with E-state index in [2.05, 4.69) is 181 Å². The number of nitriles is 2. The highest BCUT2D eigenvalue weighted by Gasteiger charge is 2.73. The predicted octanol–water partition coefficient (Wildman–Crippen LogP) is 12.3. The summed E-state index contributed by atoms with van der Waals surface area (Å²) in [6.07, 6.45) is 3.70. The molecule has 5 aliphatic rings. The van der Waals surface area contributed by atoms with Crippen LogP contribution in [-0.2, 0) is 27.1 Å². The highest BCUT2D eigenvalue weighted by Crippen LogP contribution is 2.78. The summed E-state index contributed by atoms with van der Waals surface area (Å²) in [5.74, 6) is 0. The normalized spacial score (nSPS) is 20.5. The molecule has 0 fully saturated rings. The molecule has 1 unspecified atom stereocenters. The van der Waals surface area contributed by atoms with Gasteiger partial charge in [0.05, 0.1) is 56.7 Å². The van der Waals surface area contributed by atoms with Crippen molar-refractivity contribution >= 4 is 35.2 Å². The monoisotopic (exact) mass is 776 g/mol. The number of pyridine rings is 1. The molecule has 1 aromatic heterocycles. The Balaban J connectivity index is 1.43. The van der Waals surface area contributed by atoms with Crippen molar-refractivity contribution in [2.45, 2.75) is 75.5 Å². The molecule has 6 heteroatoms. The van der Waals surface area contributed by atoms with Gasteiger partial charge in [0.25, 0.3) is 0 Å². The van der Waals surface area contributed by atoms with Gasteiger partial charge in [-0.1, -0.05) is 112 Å². The summed E-state index contributed by atoms with van der Waals surface area (Å²) in [5, 5.41) is 23.6. The lowest BCUT2D eigenvalue weighted by Crippen LogP contribution is -2.55. The molecule has 5 aromatic carbocycles. The average molecular weight is 777 g/mol. The molecule has 0 amide bonds. The van der Waals surface area contributed by atoms with E-state index in [1.807, 2.05) is 18.3 Å². The molecule has 0 saturated heterocycles. The van der Waals surface area contributed by atoms with Crippen molar-refractivity contribution in [2.24, 2.45) is 4.99 Å². The Bertz CT molecular complexity index is 3030. The molecular formula is C54H44N6. The number of aliphatic imine (C=N–C) groups is 1. The van der Waals surface area contributed by atoms with Crippen molar-refractivity contribution in [3.8, 4) is 23.3 Å². The molecule has 3 aliphatic heterocycles. The smallest absolute Gasteiger partial charge is 0.103 e. The summed E-state index contributed by atoms with van der Waals surface area (Å²) < 4.78 is 0. The zero-order chi connectivity index (χ0) is 41.9. The first kappa shape index (κ1) is 36.1. The molecular weight excluding hydrogens is 733 g/mol. The van der Waals surface area contributed by atoms with Crippen molar-refractivity contribution < 1.29 is 0 Å². The first-order chi connectivity index (χ1) is 28.8. The third kappa shape index (κ3) is 3.64. The Morgan fingerprint density at radius 1 is 0.600 bits per heavy atom. The van der Waals surface area contributed by atoms with E-state index in [0.717, 1.165) is 67.7 Å². The van der Waals surface area contributed by atoms with Crippen LogP contribution < -0.4 is 9.80 Å². The number of rotatable bonds is 3. The fourth-order valence-corrected chi connectivity index (χ4v) is 13.1. The van der Waals surface area contributed by atoms with Gasteiger partial charge >= 0.3 is 0 Å². The summed E-state index contributed by atoms with van der Waals surface area (Å²) in [5.41, 5.74) is 14.5. The number of nitrogens with zero attached hydrogens (tertiary/aromatic N) is 6. The van der Waals surface area contributed by atoms with Crippen molar-refractivity contribution in [3.63, 3.8) is 0 Å². The molecule has 1 atom stereocenters. The lowest BCUT2D eigenvalue weighted by molar-refractivity contribution is 0.248. The van der Waals surface area contributed by atoms with Gasteiger partial charge in [-0.05, 0) is 109 Å². The van der Waals surface area contributed by atoms with E-state index in [0.29, 0.717) is 16.8 Å². The molecule has 6 nitrogen and oxygen atoms in total. The Morgan fingerprint density at radius 2 is 1.15 bits per heavy atom. The topological polar surface area (TPSA) is 79.3 Å². The highest BCUT2D eigenvalue weighted by atomic mass is 15.2. The largest absolute Gasteiger partial charge is 0.307 e. The minimum atomic E-state index is -0.784. The summed E-state index contributed by atoms with van der Waals surface area (Å²) in [6, 6.07) is 42.4. The SMILES string of the molecule is C=CC1=C(N=C)C(C)(C)c2cccc3c2N1c1c(C#N)c(C#N)c(N2c4ccccc4C(C)(C)c4ncccc42)c2c1C3(C)C1(c3ccccc3-c3ccccc31)C2(C)C. The van der Waals surface area contributed by atoms with Crippen LogP contribution in [0.4, 0.5) is 28.4 Å². The van der Waals surface area contributed by atoms with Gasteiger partial charge in [0.15, 0.2) is 0 Å². The van der Waals surface area contributed by atoms with Gasteiger partial charge in [-0.15, -0.1) is 0 Å². The molecule has 4 heterocycles. The lowest BCUT2D eigenvalue weighted by Gasteiger charge is -2.55. The molecule has 0 N–H and O–H groups in total. The van der Waals surface area contributed by atoms with Crippen LogP contribution in [-0.4, -0.2) is 11.7 Å². The van der Waals surface area contributed by atoms with Crippen LogP contribution in [0.25, 0.3) is 11.1 Å². The maximum Gasteiger partial charge on any atom is 0.103 e. The fraction of sp³-hybridized carbons (Fsp3) is 0.222. The molecule has 11 rings (SSSR count). The molecule has 6 aromatic rings. The van der Waals surface area contributed by atoms with Crippen molar-refractivity contribution in [2.75, 3.05) is 9.80 Å². The number of hydrogen-bond donors (Lipinski definition) is 0. The van der Waals surface area contributed by atoms with E-state index in [-0.39, 0.29) is 0 Å². The molecule has 2 aliphatic carbocycles. The zero-order valence-corrected chi connectivity index (χ0v) is 35.1. The van der Waals surface area contributed by atoms with Crippen molar-refractivity contribution in [3.05, 3.63) is 189 Å². The third-order valence-corrected chi connectivity index (χ3v) is 15.2. The van der Waals surface area contributed by atoms with Crippen LogP contribution in [0.3, 0.4) is 0 Å². The van der Waals surface area contributed by atoms with Crippen LogP contribution in [0, 0.1) is 22.7 Å². The number of allylic oxidation sites excluding steroid dienone is 2. The lowest BCUT2D eigenvalue weighted by atomic mass is 9.49. The number of aromatic nitrogens is 1. The molecule has 0 saturated carbocycles. The molecule has 60 heavy (non-hydrogen) atoms. The Kier molecular flexibility index (Phi) is 6.84. The predicted molar refractivity (Wildman–Crippen MR) is 241 cm³/mol. The summed E-state index contributed by atoms with van der Waals surface area (Å²) >= 11 is 0. The van der Waals surface area contributed by atoms with Gasteiger partial charge in [0, 0.05) is 33.3 Å². The quantitative estimate of drug-likeness (QED) is 0.167. The van der Waals surface area contributed by atoms with Crippen LogP contribution in [0.5, 0.6) is 0 Å². The van der Waals surface area contributed by atoms with Crippen LogP contribution >= 0.6 is 0 Å². The van der Waals surface area contributed by atoms with E-state index in [1.165, 1.54) is 22.3 Å². The van der Waals surface area contributed by atoms with Gasteiger partial charge in [0.1, 0.15) is 12.1 Å². The molecule has 0 radical (unpaired) electrons. The minimum Gasteiger partial charge on any atom is -0.307 e. The van der Waals surface area contributed by atoms with Crippen LogP contribution in [0.15, 0.2) is 138 Å². The van der Waals surface area contributed by atoms with E-state index < -0.39 is 27.1 Å². The maximum absolute atomic E-state index is 11.8. The Labute approximate surface area is 352 Å². The van der Waals surface area contributed by atoms with E-state index >= 15 is 0 Å². The van der Waals surface area contributed by atoms with Gasteiger partial charge in [-0.2, -0.15) is 10.5 Å². The molecule has 290 valence electrons. The van der Waals surface area contributed by atoms with Crippen LogP contribution in [0.1, 0.15) is 104 Å². The van der Waals surface area contributed by atoms with E-state index in [1.54, 1.807) is 0 Å². The zero-order valence-electron chi connectivity index (χ0n) is 35.1. The van der Waals surface area contributed by atoms with Gasteiger partial charge in [0.2, 0.25) is 0 Å². The van der Waals surface area contributed by atoms with Gasteiger partial charge in [-0.3, -0.25) is 9.98 Å². The van der Waals surface area contributed by atoms with Crippen LogP contribution in [0.2, 0.25) is 0 Å². The number of para-hydroxylation sites is 2. The summed E-state index contributed by atoms with van der Waals surface area (Å²) in [7, 11) is 0. The summed E-state index contributed by atoms with van der Waals surface area (Å²) in [6.45, 7) is 24.5. The van der Waals surface area contributed by atoms with Crippen molar-refractivity contribution in [1.82, 2.24) is 4.98 Å². The molecule has 1 spiro atoms. The molecule has 0 bridgehead atoms. The number of fused-ring (bicyclic) bond motifs is 10. The number of hydrogen-bond acceptors (Lipinski definition) is 6. The Hall–Kier alpha value is -7.02. The first-order valence-corrected chi connectivity index (χ1v) is 20.7. The van der Waals surface area contributed by atoms with E-state index in [4.69, 9.17) is 9.98 Å². The summed E-state index contributed by atoms with van der Waals surface area (Å²) in [4.78, 5) is 14.3. The highest BCUT2D eigenvalue weighted by molar-refractivity contribution is 6.02. The third-order valence-electron chi connectivity index (χ3n) is 15.2. The first-order valence-electron chi connectivity index (χ1n) is 20.7. The second kappa shape index (κ2) is 11.4. The second-order valence-electron chi connectivity index (χ2n) is 18.6. The van der Waals surface area contributed by atoms with Gasteiger partial charge < -0.3 is 9.80 Å². The van der Waals surface area contributed by atoms with Crippen molar-refractivity contribution in [1.29, 1.82) is 10.5 Å². The van der Waals surface area contributed by atoms with E-state index in [9.17, 15) is 10.5 Å². The minimum absolute atomic E-state index is 0.320. The maximum atomic E-state index is 11.8. The Morgan fingerprint density at radius 3 is 1.77 bits per heavy atom. The standard InChI is InChI=1S/C54H44N6/c1-10-40-48(57-9)51(4,5)38-24-17-25-39-47(38)60(40)46-34(30-56)33(29-55)45(59-41-26-16-15-23-37(41)50(2,3)49-42(59)27-18-28-58-49)43-44(46)53(39,8)54(52(43,6)7)35-21-13-11-19-31(35)32-20-12-14-22-36(32)54/h10-28H,1,9H2,2-8H3. The number of anilines is 5. The average Bonchev–Trinajstić information content (AvgIpc) is 3.65. The van der Waals surface area contributed by atoms with Gasteiger partial charge in [-0.25, -0.2) is 0 Å².